The van der Waals surface area contributed by atoms with Crippen LogP contribution in [0.5, 0.6) is 0 Å². The van der Waals surface area contributed by atoms with Gasteiger partial charge in [-0.15, -0.1) is 0 Å². The van der Waals surface area contributed by atoms with Crippen molar-refractivity contribution in [3.63, 3.8) is 0 Å². The molecule has 8 heteroatoms. The van der Waals surface area contributed by atoms with Gasteiger partial charge in [0.15, 0.2) is 5.96 Å². The molecule has 0 amide bonds. The van der Waals surface area contributed by atoms with E-state index in [-0.39, 0.29) is 18.5 Å². The predicted octanol–water partition coefficient (Wildman–Crippen LogP) is 2.13. The number of benzene rings is 1. The number of guanidine groups is 1. The molecule has 0 bridgehead atoms. The third kappa shape index (κ3) is 7.60. The van der Waals surface area contributed by atoms with Crippen LogP contribution < -0.4 is 5.32 Å². The highest BCUT2D eigenvalue weighted by Gasteiger charge is 2.28. The molecule has 0 spiro atoms. The molecule has 0 aliphatic carbocycles. The normalized spacial score (nSPS) is 17.6. The number of nitrogens with zero attached hydrogens (tertiary/aromatic N) is 3. The van der Waals surface area contributed by atoms with E-state index in [2.05, 4.69) is 29.3 Å². The van der Waals surface area contributed by atoms with Gasteiger partial charge in [0, 0.05) is 45.2 Å². The first-order chi connectivity index (χ1) is 13.8. The highest BCUT2D eigenvalue weighted by Crippen LogP contribution is 2.15. The predicted molar refractivity (Wildman–Crippen MR) is 119 cm³/mol. The topological polar surface area (TPSA) is 74.2 Å². The first kappa shape index (κ1) is 23.6. The molecule has 2 rings (SSSR count). The average Bonchev–Trinajstić information content (AvgIpc) is 2.71. The fraction of sp³-hybridized carbons (Fsp3) is 0.667. The zero-order valence-electron chi connectivity index (χ0n) is 18.2. The SMILES string of the molecule is CCNC(=NCC(C)c1ccccc1)N1CCN(S(=O)(=O)CCOC(C)C)CC1. The Hall–Kier alpha value is -1.64. The molecule has 1 aliphatic rings. The lowest BCUT2D eigenvalue weighted by molar-refractivity contribution is 0.0904. The van der Waals surface area contributed by atoms with Gasteiger partial charge in [-0.3, -0.25) is 4.99 Å². The number of rotatable bonds is 9. The van der Waals surface area contributed by atoms with Gasteiger partial charge in [0.2, 0.25) is 10.0 Å². The van der Waals surface area contributed by atoms with Crippen LogP contribution in [0.2, 0.25) is 0 Å². The van der Waals surface area contributed by atoms with Gasteiger partial charge in [-0.05, 0) is 26.3 Å². The minimum atomic E-state index is -3.28. The first-order valence-electron chi connectivity index (χ1n) is 10.5. The largest absolute Gasteiger partial charge is 0.378 e. The molecule has 164 valence electrons. The Labute approximate surface area is 176 Å². The number of piperazine rings is 1. The van der Waals surface area contributed by atoms with Crippen LogP contribution in [0.25, 0.3) is 0 Å². The van der Waals surface area contributed by atoms with Crippen LogP contribution in [-0.4, -0.2) is 81.3 Å². The van der Waals surface area contributed by atoms with Crippen molar-refractivity contribution in [2.45, 2.75) is 39.7 Å². The highest BCUT2D eigenvalue weighted by atomic mass is 32.2. The fourth-order valence-corrected chi connectivity index (χ4v) is 4.52. The molecule has 0 saturated carbocycles. The maximum atomic E-state index is 12.5. The molecule has 1 saturated heterocycles. The van der Waals surface area contributed by atoms with Gasteiger partial charge in [0.05, 0.1) is 18.5 Å². The zero-order valence-corrected chi connectivity index (χ0v) is 19.0. The Balaban J connectivity index is 1.91. The van der Waals surface area contributed by atoms with Crippen molar-refractivity contribution >= 4 is 16.0 Å². The molecule has 1 N–H and O–H groups in total. The van der Waals surface area contributed by atoms with Crippen LogP contribution in [0.1, 0.15) is 39.2 Å². The molecule has 1 aliphatic heterocycles. The molecule has 1 aromatic rings. The third-order valence-electron chi connectivity index (χ3n) is 4.94. The molecule has 0 radical (unpaired) electrons. The van der Waals surface area contributed by atoms with E-state index in [1.165, 1.54) is 5.56 Å². The molecule has 0 aromatic heterocycles. The number of hydrogen-bond donors (Lipinski definition) is 1. The van der Waals surface area contributed by atoms with E-state index in [1.807, 2.05) is 39.0 Å². The van der Waals surface area contributed by atoms with Gasteiger partial charge in [0.25, 0.3) is 0 Å². The van der Waals surface area contributed by atoms with Crippen LogP contribution >= 0.6 is 0 Å². The summed E-state index contributed by atoms with van der Waals surface area (Å²) in [6, 6.07) is 10.4. The molecule has 1 unspecified atom stereocenters. The lowest BCUT2D eigenvalue weighted by Gasteiger charge is -2.36. The van der Waals surface area contributed by atoms with Crippen LogP contribution in [0.15, 0.2) is 35.3 Å². The van der Waals surface area contributed by atoms with Crippen LogP contribution in [-0.2, 0) is 14.8 Å². The van der Waals surface area contributed by atoms with Gasteiger partial charge in [0.1, 0.15) is 0 Å². The highest BCUT2D eigenvalue weighted by molar-refractivity contribution is 7.89. The van der Waals surface area contributed by atoms with Crippen LogP contribution in [0.3, 0.4) is 0 Å². The summed E-state index contributed by atoms with van der Waals surface area (Å²) in [5, 5.41) is 3.35. The number of hydrogen-bond acceptors (Lipinski definition) is 4. The molecule has 1 aromatic carbocycles. The number of aliphatic imine (C=N–C) groups is 1. The number of nitrogens with one attached hydrogen (secondary N) is 1. The van der Waals surface area contributed by atoms with E-state index < -0.39 is 10.0 Å². The van der Waals surface area contributed by atoms with E-state index >= 15 is 0 Å². The quantitative estimate of drug-likeness (QED) is 0.486. The van der Waals surface area contributed by atoms with Crippen molar-refractivity contribution < 1.29 is 13.2 Å². The molecule has 7 nitrogen and oxygen atoms in total. The van der Waals surface area contributed by atoms with E-state index in [0.29, 0.717) is 38.6 Å². The van der Waals surface area contributed by atoms with Crippen molar-refractivity contribution in [3.05, 3.63) is 35.9 Å². The standard InChI is InChI=1S/C21H36N4O3S/c1-5-22-21(23-17-19(4)20-9-7-6-8-10-20)24-11-13-25(14-12-24)29(26,27)16-15-28-18(2)3/h6-10,18-19H,5,11-17H2,1-4H3,(H,22,23). The summed E-state index contributed by atoms with van der Waals surface area (Å²) in [6.45, 7) is 12.0. The molecule has 1 heterocycles. The molecule has 29 heavy (non-hydrogen) atoms. The summed E-state index contributed by atoms with van der Waals surface area (Å²) >= 11 is 0. The molecule has 1 atom stereocenters. The Bertz CT molecular complexity index is 730. The molecular formula is C21H36N4O3S. The van der Waals surface area contributed by atoms with E-state index in [4.69, 9.17) is 9.73 Å². The summed E-state index contributed by atoms with van der Waals surface area (Å²) in [5.41, 5.74) is 1.27. The lowest BCUT2D eigenvalue weighted by Crippen LogP contribution is -2.54. The number of sulfonamides is 1. The summed E-state index contributed by atoms with van der Waals surface area (Å²) in [4.78, 5) is 6.96. The minimum absolute atomic E-state index is 0.0356. The van der Waals surface area contributed by atoms with Gasteiger partial charge < -0.3 is 15.0 Å². The Morgan fingerprint density at radius 3 is 2.38 bits per heavy atom. The maximum absolute atomic E-state index is 12.5. The van der Waals surface area contributed by atoms with Crippen LogP contribution in [0, 0.1) is 0 Å². The summed E-state index contributed by atoms with van der Waals surface area (Å²) < 4.78 is 32.0. The minimum Gasteiger partial charge on any atom is -0.378 e. The molecular weight excluding hydrogens is 388 g/mol. The van der Waals surface area contributed by atoms with Gasteiger partial charge in [-0.2, -0.15) is 4.31 Å². The van der Waals surface area contributed by atoms with Gasteiger partial charge in [-0.1, -0.05) is 37.3 Å². The first-order valence-corrected chi connectivity index (χ1v) is 12.1. The van der Waals surface area contributed by atoms with Crippen molar-refractivity contribution in [3.8, 4) is 0 Å². The van der Waals surface area contributed by atoms with Gasteiger partial charge in [-0.25, -0.2) is 8.42 Å². The van der Waals surface area contributed by atoms with Gasteiger partial charge >= 0.3 is 0 Å². The number of ether oxygens (including phenoxy) is 1. The Morgan fingerprint density at radius 2 is 1.79 bits per heavy atom. The monoisotopic (exact) mass is 424 g/mol. The van der Waals surface area contributed by atoms with Crippen molar-refractivity contribution in [1.29, 1.82) is 0 Å². The fourth-order valence-electron chi connectivity index (χ4n) is 3.23. The van der Waals surface area contributed by atoms with E-state index in [0.717, 1.165) is 12.5 Å². The smallest absolute Gasteiger partial charge is 0.216 e. The molecule has 1 fully saturated rings. The Kier molecular flexibility index (Phi) is 9.39. The maximum Gasteiger partial charge on any atom is 0.216 e. The zero-order chi connectivity index (χ0) is 21.3. The summed E-state index contributed by atoms with van der Waals surface area (Å²) in [6.07, 6.45) is 0.0409. The second-order valence-electron chi connectivity index (χ2n) is 7.63. The van der Waals surface area contributed by atoms with Crippen molar-refractivity contribution in [2.75, 3.05) is 51.6 Å². The van der Waals surface area contributed by atoms with Crippen molar-refractivity contribution in [2.24, 2.45) is 4.99 Å². The summed E-state index contributed by atoms with van der Waals surface area (Å²) in [5.74, 6) is 1.22. The van der Waals surface area contributed by atoms with E-state index in [9.17, 15) is 8.42 Å². The average molecular weight is 425 g/mol. The second-order valence-corrected chi connectivity index (χ2v) is 9.72. The lowest BCUT2D eigenvalue weighted by atomic mass is 10.0. The van der Waals surface area contributed by atoms with Crippen LogP contribution in [0.4, 0.5) is 0 Å². The third-order valence-corrected chi connectivity index (χ3v) is 6.78. The van der Waals surface area contributed by atoms with E-state index in [1.54, 1.807) is 4.31 Å². The van der Waals surface area contributed by atoms with Crippen molar-refractivity contribution in [1.82, 2.24) is 14.5 Å². The summed E-state index contributed by atoms with van der Waals surface area (Å²) in [7, 11) is -3.28. The Morgan fingerprint density at radius 1 is 1.14 bits per heavy atom. The second kappa shape index (κ2) is 11.5.